The minimum atomic E-state index is -0.159. The number of hydrogen-bond donors (Lipinski definition) is 1. The third-order valence-electron chi connectivity index (χ3n) is 2.73. The second-order valence-corrected chi connectivity index (χ2v) is 5.07. The Morgan fingerprint density at radius 3 is 3.06 bits per heavy atom. The van der Waals surface area contributed by atoms with E-state index in [1.54, 1.807) is 16.7 Å². The van der Waals surface area contributed by atoms with E-state index in [4.69, 9.17) is 4.42 Å². The zero-order chi connectivity index (χ0) is 12.5. The number of nitrogens with one attached hydrogen (secondary N) is 1. The lowest BCUT2D eigenvalue weighted by molar-refractivity contribution is 0.109. The number of thioether (sulfide) groups is 1. The SMILES string of the molecule is O=Cc1ccc(CSc2n[nH]c(=O)n2C2CC2)o1. The van der Waals surface area contributed by atoms with Gasteiger partial charge in [-0.25, -0.2) is 9.89 Å². The van der Waals surface area contributed by atoms with Gasteiger partial charge in [-0.2, -0.15) is 0 Å². The van der Waals surface area contributed by atoms with Crippen molar-refractivity contribution in [3.8, 4) is 0 Å². The topological polar surface area (TPSA) is 80.9 Å². The van der Waals surface area contributed by atoms with Crippen molar-refractivity contribution in [3.63, 3.8) is 0 Å². The first-order valence-electron chi connectivity index (χ1n) is 5.61. The van der Waals surface area contributed by atoms with Gasteiger partial charge in [-0.05, 0) is 25.0 Å². The molecule has 0 radical (unpaired) electrons. The first-order chi connectivity index (χ1) is 8.78. The van der Waals surface area contributed by atoms with E-state index in [2.05, 4.69) is 10.2 Å². The molecule has 1 N–H and O–H groups in total. The molecule has 2 aromatic heterocycles. The van der Waals surface area contributed by atoms with Crippen LogP contribution in [0.1, 0.15) is 35.2 Å². The average Bonchev–Trinajstić information content (AvgIpc) is 2.98. The molecule has 0 atom stereocenters. The molecule has 1 aliphatic rings. The van der Waals surface area contributed by atoms with Crippen molar-refractivity contribution >= 4 is 18.0 Å². The van der Waals surface area contributed by atoms with E-state index in [0.29, 0.717) is 34.8 Å². The lowest BCUT2D eigenvalue weighted by atomic mass is 10.4. The molecule has 0 aromatic carbocycles. The predicted molar refractivity (Wildman–Crippen MR) is 64.8 cm³/mol. The molecule has 7 heteroatoms. The summed E-state index contributed by atoms with van der Waals surface area (Å²) in [6.45, 7) is 0. The highest BCUT2D eigenvalue weighted by Gasteiger charge is 2.28. The van der Waals surface area contributed by atoms with Gasteiger partial charge in [0.15, 0.2) is 17.2 Å². The van der Waals surface area contributed by atoms with Crippen LogP contribution in [0.25, 0.3) is 0 Å². The normalized spacial score (nSPS) is 14.9. The highest BCUT2D eigenvalue weighted by Crippen LogP contribution is 2.36. The lowest BCUT2D eigenvalue weighted by Crippen LogP contribution is -2.16. The summed E-state index contributed by atoms with van der Waals surface area (Å²) in [5.41, 5.74) is -0.159. The molecule has 0 saturated heterocycles. The van der Waals surface area contributed by atoms with Gasteiger partial charge in [-0.3, -0.25) is 9.36 Å². The maximum absolute atomic E-state index is 11.5. The van der Waals surface area contributed by atoms with Gasteiger partial charge in [-0.15, -0.1) is 5.10 Å². The second kappa shape index (κ2) is 4.49. The van der Waals surface area contributed by atoms with Crippen LogP contribution in [0.3, 0.4) is 0 Å². The minimum Gasteiger partial charge on any atom is -0.457 e. The zero-order valence-corrected chi connectivity index (χ0v) is 10.3. The van der Waals surface area contributed by atoms with Gasteiger partial charge >= 0.3 is 5.69 Å². The quantitative estimate of drug-likeness (QED) is 0.656. The number of rotatable bonds is 5. The summed E-state index contributed by atoms with van der Waals surface area (Å²) in [4.78, 5) is 22.0. The standard InChI is InChI=1S/C11H11N3O3S/c15-5-8-3-4-9(17-8)6-18-11-13-12-10(16)14(11)7-1-2-7/h3-5,7H,1-2,6H2,(H,12,16). The number of furan rings is 1. The Balaban J connectivity index is 1.73. The Morgan fingerprint density at radius 1 is 1.56 bits per heavy atom. The van der Waals surface area contributed by atoms with E-state index in [1.165, 1.54) is 11.8 Å². The third kappa shape index (κ3) is 2.13. The number of hydrogen-bond acceptors (Lipinski definition) is 5. The molecule has 1 saturated carbocycles. The van der Waals surface area contributed by atoms with Crippen LogP contribution in [0.2, 0.25) is 0 Å². The number of carbonyl (C=O) groups excluding carboxylic acids is 1. The molecule has 6 nitrogen and oxygen atoms in total. The van der Waals surface area contributed by atoms with E-state index in [0.717, 1.165) is 12.8 Å². The molecule has 1 aliphatic carbocycles. The van der Waals surface area contributed by atoms with Crippen LogP contribution < -0.4 is 5.69 Å². The molecule has 0 amide bonds. The molecule has 18 heavy (non-hydrogen) atoms. The van der Waals surface area contributed by atoms with Crippen LogP contribution >= 0.6 is 11.8 Å². The summed E-state index contributed by atoms with van der Waals surface area (Å²) in [7, 11) is 0. The van der Waals surface area contributed by atoms with Crippen LogP contribution in [0.15, 0.2) is 26.5 Å². The van der Waals surface area contributed by atoms with E-state index >= 15 is 0 Å². The van der Waals surface area contributed by atoms with Crippen LogP contribution in [-0.2, 0) is 5.75 Å². The zero-order valence-electron chi connectivity index (χ0n) is 9.46. The molecule has 0 aliphatic heterocycles. The number of aromatic nitrogens is 3. The molecule has 2 aromatic rings. The van der Waals surface area contributed by atoms with Gasteiger partial charge in [-0.1, -0.05) is 11.8 Å². The number of H-pyrrole nitrogens is 1. The Bertz CT molecular complexity index is 624. The molecule has 3 rings (SSSR count). The molecule has 2 heterocycles. The lowest BCUT2D eigenvalue weighted by Gasteiger charge is -2.01. The maximum Gasteiger partial charge on any atom is 0.344 e. The summed E-state index contributed by atoms with van der Waals surface area (Å²) in [6.07, 6.45) is 2.73. The molecular formula is C11H11N3O3S. The van der Waals surface area contributed by atoms with Crippen LogP contribution in [0, 0.1) is 0 Å². The van der Waals surface area contributed by atoms with Crippen molar-refractivity contribution in [3.05, 3.63) is 34.1 Å². The molecule has 0 spiro atoms. The largest absolute Gasteiger partial charge is 0.457 e. The van der Waals surface area contributed by atoms with Gasteiger partial charge in [0.1, 0.15) is 5.76 Å². The van der Waals surface area contributed by atoms with Crippen molar-refractivity contribution in [2.75, 3.05) is 0 Å². The highest BCUT2D eigenvalue weighted by atomic mass is 32.2. The minimum absolute atomic E-state index is 0.159. The smallest absolute Gasteiger partial charge is 0.344 e. The Hall–Kier alpha value is -1.76. The maximum atomic E-state index is 11.5. The Kier molecular flexibility index (Phi) is 2.83. The molecule has 0 bridgehead atoms. The van der Waals surface area contributed by atoms with Crippen molar-refractivity contribution in [2.45, 2.75) is 29.8 Å². The van der Waals surface area contributed by atoms with Gasteiger partial charge < -0.3 is 4.42 Å². The fourth-order valence-electron chi connectivity index (χ4n) is 1.72. The first-order valence-corrected chi connectivity index (χ1v) is 6.60. The molecule has 0 unspecified atom stereocenters. The number of carbonyl (C=O) groups is 1. The van der Waals surface area contributed by atoms with E-state index in [-0.39, 0.29) is 5.69 Å². The average molecular weight is 265 g/mol. The number of aromatic amines is 1. The van der Waals surface area contributed by atoms with Gasteiger partial charge in [0.05, 0.1) is 5.75 Å². The molecule has 94 valence electrons. The third-order valence-corrected chi connectivity index (χ3v) is 3.70. The van der Waals surface area contributed by atoms with Crippen LogP contribution in [0.5, 0.6) is 0 Å². The van der Waals surface area contributed by atoms with Crippen molar-refractivity contribution < 1.29 is 9.21 Å². The highest BCUT2D eigenvalue weighted by molar-refractivity contribution is 7.98. The summed E-state index contributed by atoms with van der Waals surface area (Å²) >= 11 is 1.42. The molecule has 1 fully saturated rings. The fourth-order valence-corrected chi connectivity index (χ4v) is 2.63. The predicted octanol–water partition coefficient (Wildman–Crippen LogP) is 1.60. The molecular weight excluding hydrogens is 254 g/mol. The van der Waals surface area contributed by atoms with E-state index in [9.17, 15) is 9.59 Å². The Morgan fingerprint density at radius 2 is 2.39 bits per heavy atom. The van der Waals surface area contributed by atoms with Crippen LogP contribution in [0.4, 0.5) is 0 Å². The van der Waals surface area contributed by atoms with Gasteiger partial charge in [0.25, 0.3) is 0 Å². The van der Waals surface area contributed by atoms with E-state index in [1.807, 2.05) is 0 Å². The van der Waals surface area contributed by atoms with Crippen LogP contribution in [-0.4, -0.2) is 21.1 Å². The number of nitrogens with zero attached hydrogens (tertiary/aromatic N) is 2. The number of aldehydes is 1. The van der Waals surface area contributed by atoms with E-state index < -0.39 is 0 Å². The van der Waals surface area contributed by atoms with Gasteiger partial charge in [0.2, 0.25) is 0 Å². The summed E-state index contributed by atoms with van der Waals surface area (Å²) in [5, 5.41) is 7.13. The fraction of sp³-hybridized carbons (Fsp3) is 0.364. The second-order valence-electron chi connectivity index (χ2n) is 4.12. The Labute approximate surface area is 106 Å². The summed E-state index contributed by atoms with van der Waals surface area (Å²) in [6, 6.07) is 3.67. The summed E-state index contributed by atoms with van der Waals surface area (Å²) in [5.74, 6) is 1.55. The summed E-state index contributed by atoms with van der Waals surface area (Å²) < 4.78 is 6.95. The first kappa shape index (κ1) is 11.3. The van der Waals surface area contributed by atoms with Gasteiger partial charge in [0, 0.05) is 6.04 Å². The van der Waals surface area contributed by atoms with Crippen molar-refractivity contribution in [1.29, 1.82) is 0 Å². The van der Waals surface area contributed by atoms with Crippen molar-refractivity contribution in [2.24, 2.45) is 0 Å². The monoisotopic (exact) mass is 265 g/mol. The van der Waals surface area contributed by atoms with Crippen molar-refractivity contribution in [1.82, 2.24) is 14.8 Å².